The predicted octanol–water partition coefficient (Wildman–Crippen LogP) is 4.97. The minimum absolute atomic E-state index is 0.169. The van der Waals surface area contributed by atoms with Crippen molar-refractivity contribution < 1.29 is 19.0 Å². The number of amides is 1. The number of benzene rings is 2. The van der Waals surface area contributed by atoms with Crippen LogP contribution in [0.15, 0.2) is 49.1 Å². The Hall–Kier alpha value is -2.66. The van der Waals surface area contributed by atoms with Gasteiger partial charge in [-0.2, -0.15) is 0 Å². The topological polar surface area (TPSA) is 48.0 Å². The Balaban J connectivity index is 2.28. The van der Waals surface area contributed by atoms with Gasteiger partial charge in [-0.15, -0.1) is 6.58 Å². The summed E-state index contributed by atoms with van der Waals surface area (Å²) in [6.07, 6.45) is 2.54. The Labute approximate surface area is 171 Å². The van der Waals surface area contributed by atoms with Crippen LogP contribution in [0, 0.1) is 0 Å². The maximum Gasteiger partial charge on any atom is 0.254 e. The highest BCUT2D eigenvalue weighted by molar-refractivity contribution is 6.32. The van der Waals surface area contributed by atoms with E-state index in [2.05, 4.69) is 6.58 Å². The summed E-state index contributed by atoms with van der Waals surface area (Å²) < 4.78 is 16.2. The van der Waals surface area contributed by atoms with E-state index in [1.54, 1.807) is 30.2 Å². The molecule has 0 aromatic heterocycles. The maximum atomic E-state index is 13.1. The number of carbonyl (C=O) groups excluding carboxylic acids is 1. The standard InChI is InChI=1S/C22H26ClNO4/c1-5-11-24(15-16-7-9-18(26-3)10-8-16)22(25)17-13-19(23)21(28-12-6-2)20(14-17)27-4/h5,7-10,13-14H,1,6,11-12,15H2,2-4H3. The molecule has 2 aromatic carbocycles. The van der Waals surface area contributed by atoms with E-state index >= 15 is 0 Å². The van der Waals surface area contributed by atoms with E-state index in [4.69, 9.17) is 25.8 Å². The molecule has 0 heterocycles. The van der Waals surface area contributed by atoms with Crippen molar-refractivity contribution in [3.05, 3.63) is 65.2 Å². The number of hydrogen-bond acceptors (Lipinski definition) is 4. The highest BCUT2D eigenvalue weighted by Crippen LogP contribution is 2.37. The smallest absolute Gasteiger partial charge is 0.254 e. The van der Waals surface area contributed by atoms with E-state index in [0.717, 1.165) is 17.7 Å². The van der Waals surface area contributed by atoms with E-state index in [1.807, 2.05) is 31.2 Å². The molecule has 0 aliphatic rings. The molecule has 0 atom stereocenters. The number of hydrogen-bond donors (Lipinski definition) is 0. The predicted molar refractivity (Wildman–Crippen MR) is 112 cm³/mol. The van der Waals surface area contributed by atoms with Crippen molar-refractivity contribution in [2.75, 3.05) is 27.4 Å². The van der Waals surface area contributed by atoms with E-state index in [0.29, 0.717) is 41.8 Å². The summed E-state index contributed by atoms with van der Waals surface area (Å²) in [7, 11) is 3.14. The summed E-state index contributed by atoms with van der Waals surface area (Å²) in [5.74, 6) is 1.49. The number of ether oxygens (including phenoxy) is 3. The molecular weight excluding hydrogens is 378 g/mol. The third kappa shape index (κ3) is 5.42. The van der Waals surface area contributed by atoms with Crippen molar-refractivity contribution >= 4 is 17.5 Å². The van der Waals surface area contributed by atoms with Crippen LogP contribution in [0.1, 0.15) is 29.3 Å². The molecule has 5 nitrogen and oxygen atoms in total. The normalized spacial score (nSPS) is 10.3. The monoisotopic (exact) mass is 403 g/mol. The lowest BCUT2D eigenvalue weighted by Crippen LogP contribution is -2.30. The molecule has 1 amide bonds. The number of methoxy groups -OCH3 is 2. The van der Waals surface area contributed by atoms with Gasteiger partial charge in [0.1, 0.15) is 5.75 Å². The van der Waals surface area contributed by atoms with Gasteiger partial charge in [-0.05, 0) is 36.2 Å². The summed E-state index contributed by atoms with van der Waals surface area (Å²) in [5.41, 5.74) is 1.41. The van der Waals surface area contributed by atoms with Crippen LogP contribution in [-0.4, -0.2) is 38.2 Å². The molecule has 0 N–H and O–H groups in total. The number of carbonyl (C=O) groups is 1. The van der Waals surface area contributed by atoms with E-state index < -0.39 is 0 Å². The van der Waals surface area contributed by atoms with Crippen LogP contribution >= 0.6 is 11.6 Å². The zero-order valence-electron chi connectivity index (χ0n) is 16.5. The Morgan fingerprint density at radius 3 is 2.46 bits per heavy atom. The first-order chi connectivity index (χ1) is 13.5. The zero-order valence-corrected chi connectivity index (χ0v) is 17.3. The van der Waals surface area contributed by atoms with Crippen molar-refractivity contribution in [2.45, 2.75) is 19.9 Å². The molecule has 6 heteroatoms. The van der Waals surface area contributed by atoms with Gasteiger partial charge in [-0.3, -0.25) is 4.79 Å². The first-order valence-electron chi connectivity index (χ1n) is 9.07. The van der Waals surface area contributed by atoms with Crippen molar-refractivity contribution in [1.82, 2.24) is 4.90 Å². The second kappa shape index (κ2) is 10.6. The van der Waals surface area contributed by atoms with Gasteiger partial charge in [0, 0.05) is 18.7 Å². The van der Waals surface area contributed by atoms with Crippen LogP contribution in [0.2, 0.25) is 5.02 Å². The minimum atomic E-state index is -0.169. The summed E-state index contributed by atoms with van der Waals surface area (Å²) in [5, 5.41) is 0.346. The molecule has 2 aromatic rings. The number of nitrogens with zero attached hydrogens (tertiary/aromatic N) is 1. The highest BCUT2D eigenvalue weighted by atomic mass is 35.5. The van der Waals surface area contributed by atoms with Crippen LogP contribution in [-0.2, 0) is 6.54 Å². The molecule has 2 rings (SSSR count). The van der Waals surface area contributed by atoms with Crippen LogP contribution in [0.4, 0.5) is 0 Å². The summed E-state index contributed by atoms with van der Waals surface area (Å²) >= 11 is 6.36. The quantitative estimate of drug-likeness (QED) is 0.525. The van der Waals surface area contributed by atoms with Crippen molar-refractivity contribution in [3.8, 4) is 17.2 Å². The van der Waals surface area contributed by atoms with Crippen molar-refractivity contribution in [3.63, 3.8) is 0 Å². The fourth-order valence-electron chi connectivity index (χ4n) is 2.70. The average molecular weight is 404 g/mol. The molecule has 0 unspecified atom stereocenters. The molecular formula is C22H26ClNO4. The second-order valence-corrected chi connectivity index (χ2v) is 6.57. The third-order valence-corrected chi connectivity index (χ3v) is 4.38. The molecule has 0 spiro atoms. The molecule has 0 fully saturated rings. The van der Waals surface area contributed by atoms with Crippen LogP contribution < -0.4 is 14.2 Å². The molecule has 0 aliphatic heterocycles. The lowest BCUT2D eigenvalue weighted by molar-refractivity contribution is 0.0762. The van der Waals surface area contributed by atoms with Crippen molar-refractivity contribution in [1.29, 1.82) is 0 Å². The first kappa shape index (κ1) is 21.6. The average Bonchev–Trinajstić information content (AvgIpc) is 2.72. The second-order valence-electron chi connectivity index (χ2n) is 6.16. The van der Waals surface area contributed by atoms with Crippen LogP contribution in [0.3, 0.4) is 0 Å². The molecule has 0 saturated carbocycles. The summed E-state index contributed by atoms with van der Waals surface area (Å²) in [6.45, 7) is 7.12. The molecule has 0 bridgehead atoms. The van der Waals surface area contributed by atoms with Gasteiger partial charge >= 0.3 is 0 Å². The molecule has 28 heavy (non-hydrogen) atoms. The van der Waals surface area contributed by atoms with Gasteiger partial charge in [0.15, 0.2) is 11.5 Å². The maximum absolute atomic E-state index is 13.1. The van der Waals surface area contributed by atoms with Gasteiger partial charge in [0.05, 0.1) is 25.8 Å². The van der Waals surface area contributed by atoms with Gasteiger partial charge < -0.3 is 19.1 Å². The minimum Gasteiger partial charge on any atom is -0.497 e. The molecule has 0 radical (unpaired) electrons. The van der Waals surface area contributed by atoms with E-state index in [1.165, 1.54) is 7.11 Å². The van der Waals surface area contributed by atoms with E-state index in [-0.39, 0.29) is 5.91 Å². The first-order valence-corrected chi connectivity index (χ1v) is 9.45. The van der Waals surface area contributed by atoms with Gasteiger partial charge in [-0.25, -0.2) is 0 Å². The fourth-order valence-corrected chi connectivity index (χ4v) is 2.96. The Morgan fingerprint density at radius 1 is 1.18 bits per heavy atom. The van der Waals surface area contributed by atoms with Gasteiger partial charge in [0.25, 0.3) is 5.91 Å². The molecule has 0 aliphatic carbocycles. The van der Waals surface area contributed by atoms with Gasteiger partial charge in [-0.1, -0.05) is 36.7 Å². The summed E-state index contributed by atoms with van der Waals surface area (Å²) in [4.78, 5) is 14.8. The van der Waals surface area contributed by atoms with E-state index in [9.17, 15) is 4.79 Å². The number of rotatable bonds is 10. The lowest BCUT2D eigenvalue weighted by Gasteiger charge is -2.22. The third-order valence-electron chi connectivity index (χ3n) is 4.10. The lowest BCUT2D eigenvalue weighted by atomic mass is 10.1. The Bertz CT molecular complexity index is 805. The Morgan fingerprint density at radius 2 is 1.89 bits per heavy atom. The van der Waals surface area contributed by atoms with Gasteiger partial charge in [0.2, 0.25) is 0 Å². The largest absolute Gasteiger partial charge is 0.497 e. The number of halogens is 1. The Kier molecular flexibility index (Phi) is 8.20. The van der Waals surface area contributed by atoms with Crippen LogP contribution in [0.5, 0.6) is 17.2 Å². The molecule has 0 saturated heterocycles. The summed E-state index contributed by atoms with van der Waals surface area (Å²) in [6, 6.07) is 10.9. The molecule has 150 valence electrons. The fraction of sp³-hybridized carbons (Fsp3) is 0.318. The van der Waals surface area contributed by atoms with Crippen LogP contribution in [0.25, 0.3) is 0 Å². The zero-order chi connectivity index (χ0) is 20.5. The van der Waals surface area contributed by atoms with Crippen molar-refractivity contribution in [2.24, 2.45) is 0 Å². The highest BCUT2D eigenvalue weighted by Gasteiger charge is 2.20. The SMILES string of the molecule is C=CCN(Cc1ccc(OC)cc1)C(=O)c1cc(Cl)c(OCCC)c(OC)c1.